The average molecular weight is 394 g/mol. The molecule has 146 valence electrons. The summed E-state index contributed by atoms with van der Waals surface area (Å²) in [6.45, 7) is 4.23. The van der Waals surface area contributed by atoms with Crippen molar-refractivity contribution in [1.29, 1.82) is 0 Å². The zero-order valence-electron chi connectivity index (χ0n) is 15.2. The summed E-state index contributed by atoms with van der Waals surface area (Å²) in [4.78, 5) is 12.0. The van der Waals surface area contributed by atoms with Gasteiger partial charge in [-0.2, -0.15) is 0 Å². The molecular weight excluding hydrogens is 371 g/mol. The quantitative estimate of drug-likeness (QED) is 0.685. The molecule has 1 amide bonds. The first-order valence-electron chi connectivity index (χ1n) is 8.59. The Hall–Kier alpha value is -2.45. The Kier molecular flexibility index (Phi) is 7.32. The van der Waals surface area contributed by atoms with Crippen LogP contribution in [-0.2, 0) is 14.8 Å². The number of carbonyl (C=O) groups excluding carboxylic acids is 1. The highest BCUT2D eigenvalue weighted by Crippen LogP contribution is 2.19. The van der Waals surface area contributed by atoms with Gasteiger partial charge in [-0.25, -0.2) is 17.5 Å². The highest BCUT2D eigenvalue weighted by Gasteiger charge is 2.15. The standard InChI is InChI=1S/C19H23FN2O4S/c1-3-26-17-6-4-5-15(13-17)14(2)22-19(23)11-12-21-27(24,25)18-9-7-16(20)8-10-18/h4-10,13-14,21H,3,11-12H2,1-2H3,(H,22,23). The second-order valence-electron chi connectivity index (χ2n) is 5.90. The molecule has 0 saturated heterocycles. The van der Waals surface area contributed by atoms with Crippen LogP contribution in [-0.4, -0.2) is 27.5 Å². The predicted molar refractivity (Wildman–Crippen MR) is 100 cm³/mol. The zero-order valence-corrected chi connectivity index (χ0v) is 16.1. The first-order chi connectivity index (χ1) is 12.8. The van der Waals surface area contributed by atoms with E-state index >= 15 is 0 Å². The largest absolute Gasteiger partial charge is 0.494 e. The van der Waals surface area contributed by atoms with E-state index in [2.05, 4.69) is 10.0 Å². The summed E-state index contributed by atoms with van der Waals surface area (Å²) in [6.07, 6.45) is -0.0179. The van der Waals surface area contributed by atoms with Crippen LogP contribution in [0.5, 0.6) is 5.75 Å². The Bertz CT molecular complexity index is 870. The number of amides is 1. The van der Waals surface area contributed by atoms with Crippen LogP contribution in [0, 0.1) is 5.82 Å². The molecule has 0 aromatic heterocycles. The van der Waals surface area contributed by atoms with Crippen LogP contribution in [0.4, 0.5) is 4.39 Å². The number of sulfonamides is 1. The molecule has 1 atom stereocenters. The molecule has 0 bridgehead atoms. The molecule has 2 N–H and O–H groups in total. The van der Waals surface area contributed by atoms with Crippen molar-refractivity contribution in [1.82, 2.24) is 10.0 Å². The molecule has 0 aliphatic heterocycles. The monoisotopic (exact) mass is 394 g/mol. The molecule has 2 aromatic carbocycles. The Labute approximate surface area is 158 Å². The molecule has 0 radical (unpaired) electrons. The van der Waals surface area contributed by atoms with Crippen molar-refractivity contribution in [2.45, 2.75) is 31.2 Å². The minimum atomic E-state index is -3.78. The number of ether oxygens (including phenoxy) is 1. The summed E-state index contributed by atoms with van der Waals surface area (Å²) in [5.41, 5.74) is 0.890. The van der Waals surface area contributed by atoms with Gasteiger partial charge in [0.15, 0.2) is 0 Å². The third-order valence-corrected chi connectivity index (χ3v) is 5.29. The fraction of sp³-hybridized carbons (Fsp3) is 0.316. The normalized spacial score (nSPS) is 12.4. The molecule has 2 aromatic rings. The van der Waals surface area contributed by atoms with Crippen molar-refractivity contribution in [2.24, 2.45) is 0 Å². The van der Waals surface area contributed by atoms with Gasteiger partial charge in [0.05, 0.1) is 17.5 Å². The minimum Gasteiger partial charge on any atom is -0.494 e. The first kappa shape index (κ1) is 20.9. The van der Waals surface area contributed by atoms with Gasteiger partial charge in [-0.05, 0) is 55.8 Å². The molecule has 6 nitrogen and oxygen atoms in total. The predicted octanol–water partition coefficient (Wildman–Crippen LogP) is 2.77. The molecule has 0 aliphatic carbocycles. The third kappa shape index (κ3) is 6.33. The zero-order chi connectivity index (χ0) is 19.9. The van der Waals surface area contributed by atoms with E-state index in [0.29, 0.717) is 6.61 Å². The third-order valence-electron chi connectivity index (χ3n) is 3.81. The lowest BCUT2D eigenvalue weighted by Gasteiger charge is -2.15. The van der Waals surface area contributed by atoms with Gasteiger partial charge in [0, 0.05) is 13.0 Å². The van der Waals surface area contributed by atoms with Crippen molar-refractivity contribution >= 4 is 15.9 Å². The van der Waals surface area contributed by atoms with E-state index in [1.165, 1.54) is 12.1 Å². The van der Waals surface area contributed by atoms with Gasteiger partial charge >= 0.3 is 0 Å². The van der Waals surface area contributed by atoms with Gasteiger partial charge in [-0.3, -0.25) is 4.79 Å². The van der Waals surface area contributed by atoms with Crippen molar-refractivity contribution < 1.29 is 22.3 Å². The molecule has 8 heteroatoms. The first-order valence-corrected chi connectivity index (χ1v) is 10.1. The van der Waals surface area contributed by atoms with Gasteiger partial charge in [0.1, 0.15) is 11.6 Å². The molecule has 0 saturated carbocycles. The molecule has 2 rings (SSSR count). The number of hydrogen-bond acceptors (Lipinski definition) is 4. The van der Waals surface area contributed by atoms with Crippen LogP contribution in [0.25, 0.3) is 0 Å². The van der Waals surface area contributed by atoms with Crippen LogP contribution >= 0.6 is 0 Å². The number of carbonyl (C=O) groups is 1. The molecule has 1 unspecified atom stereocenters. The van der Waals surface area contributed by atoms with E-state index in [9.17, 15) is 17.6 Å². The van der Waals surface area contributed by atoms with E-state index < -0.39 is 15.8 Å². The maximum Gasteiger partial charge on any atom is 0.240 e. The summed E-state index contributed by atoms with van der Waals surface area (Å²) in [7, 11) is -3.78. The van der Waals surface area contributed by atoms with Crippen molar-refractivity contribution in [2.75, 3.05) is 13.2 Å². The molecule has 27 heavy (non-hydrogen) atoms. The number of rotatable bonds is 9. The number of halogens is 1. The summed E-state index contributed by atoms with van der Waals surface area (Å²) in [6, 6.07) is 11.7. The fourth-order valence-corrected chi connectivity index (χ4v) is 3.47. The Balaban J connectivity index is 1.85. The van der Waals surface area contributed by atoms with Gasteiger partial charge in [0.2, 0.25) is 15.9 Å². The van der Waals surface area contributed by atoms with Crippen molar-refractivity contribution in [3.05, 3.63) is 59.9 Å². The summed E-state index contributed by atoms with van der Waals surface area (Å²) < 4.78 is 44.8. The van der Waals surface area contributed by atoms with E-state index in [1.807, 2.05) is 38.1 Å². The second-order valence-corrected chi connectivity index (χ2v) is 7.66. The van der Waals surface area contributed by atoms with Crippen LogP contribution in [0.15, 0.2) is 53.4 Å². The van der Waals surface area contributed by atoms with Crippen LogP contribution in [0.1, 0.15) is 31.9 Å². The summed E-state index contributed by atoms with van der Waals surface area (Å²) in [5.74, 6) is -0.0787. The number of hydrogen-bond donors (Lipinski definition) is 2. The second kappa shape index (κ2) is 9.48. The molecule has 0 fully saturated rings. The molecule has 0 heterocycles. The Morgan fingerprint density at radius 1 is 1.19 bits per heavy atom. The van der Waals surface area contributed by atoms with Gasteiger partial charge < -0.3 is 10.1 Å². The lowest BCUT2D eigenvalue weighted by atomic mass is 10.1. The highest BCUT2D eigenvalue weighted by atomic mass is 32.2. The number of nitrogens with one attached hydrogen (secondary N) is 2. The molecule has 0 aliphatic rings. The average Bonchev–Trinajstić information content (AvgIpc) is 2.62. The smallest absolute Gasteiger partial charge is 0.240 e. The van der Waals surface area contributed by atoms with Crippen LogP contribution in [0.2, 0.25) is 0 Å². The van der Waals surface area contributed by atoms with Crippen molar-refractivity contribution in [3.8, 4) is 5.75 Å². The van der Waals surface area contributed by atoms with Crippen LogP contribution < -0.4 is 14.8 Å². The van der Waals surface area contributed by atoms with Gasteiger partial charge in [-0.1, -0.05) is 12.1 Å². The fourth-order valence-electron chi connectivity index (χ4n) is 2.43. The van der Waals surface area contributed by atoms with E-state index in [-0.39, 0.29) is 29.8 Å². The van der Waals surface area contributed by atoms with E-state index in [0.717, 1.165) is 23.4 Å². The van der Waals surface area contributed by atoms with Crippen molar-refractivity contribution in [3.63, 3.8) is 0 Å². The van der Waals surface area contributed by atoms with E-state index in [4.69, 9.17) is 4.74 Å². The lowest BCUT2D eigenvalue weighted by molar-refractivity contribution is -0.121. The maximum atomic E-state index is 12.9. The summed E-state index contributed by atoms with van der Waals surface area (Å²) >= 11 is 0. The minimum absolute atomic E-state index is 0.0179. The lowest BCUT2D eigenvalue weighted by Crippen LogP contribution is -2.32. The summed E-state index contributed by atoms with van der Waals surface area (Å²) in [5, 5.41) is 2.82. The Morgan fingerprint density at radius 3 is 2.56 bits per heavy atom. The van der Waals surface area contributed by atoms with Crippen LogP contribution in [0.3, 0.4) is 0 Å². The van der Waals surface area contributed by atoms with E-state index in [1.54, 1.807) is 0 Å². The maximum absolute atomic E-state index is 12.9. The molecule has 0 spiro atoms. The van der Waals surface area contributed by atoms with Gasteiger partial charge in [0.25, 0.3) is 0 Å². The SMILES string of the molecule is CCOc1cccc(C(C)NC(=O)CCNS(=O)(=O)c2ccc(F)cc2)c1. The van der Waals surface area contributed by atoms with Gasteiger partial charge in [-0.15, -0.1) is 0 Å². The number of benzene rings is 2. The molecular formula is C19H23FN2O4S. The topological polar surface area (TPSA) is 84.5 Å². The highest BCUT2D eigenvalue weighted by molar-refractivity contribution is 7.89. The Morgan fingerprint density at radius 2 is 1.89 bits per heavy atom.